The van der Waals surface area contributed by atoms with Crippen molar-refractivity contribution in [1.82, 2.24) is 10.2 Å². The molecule has 1 amide bonds. The number of carbonyl (C=O) groups is 1. The number of carbonyl (C=O) groups excluding carboxylic acids is 1. The maximum atomic E-state index is 11.9. The molecule has 1 rings (SSSR count). The number of rotatable bonds is 5. The van der Waals surface area contributed by atoms with Gasteiger partial charge in [-0.25, -0.2) is 0 Å². The molecule has 0 aromatic carbocycles. The van der Waals surface area contributed by atoms with E-state index in [4.69, 9.17) is 0 Å². The van der Waals surface area contributed by atoms with Gasteiger partial charge in [0.15, 0.2) is 0 Å². The Kier molecular flexibility index (Phi) is 4.39. The fourth-order valence-corrected chi connectivity index (χ4v) is 2.06. The van der Waals surface area contributed by atoms with E-state index in [0.29, 0.717) is 5.91 Å². The van der Waals surface area contributed by atoms with Crippen molar-refractivity contribution in [3.8, 4) is 0 Å². The summed E-state index contributed by atoms with van der Waals surface area (Å²) >= 11 is 0. The van der Waals surface area contributed by atoms with Crippen LogP contribution in [-0.2, 0) is 4.79 Å². The normalized spacial score (nSPS) is 27.4. The second kappa shape index (κ2) is 5.35. The summed E-state index contributed by atoms with van der Waals surface area (Å²) in [5.74, 6) is 0.299. The summed E-state index contributed by atoms with van der Waals surface area (Å²) in [6.45, 7) is 7.24. The van der Waals surface area contributed by atoms with Crippen LogP contribution in [0.3, 0.4) is 0 Å². The molecule has 3 heteroatoms. The fraction of sp³-hybridized carbons (Fsp3) is 0.909. The van der Waals surface area contributed by atoms with Crippen molar-refractivity contribution in [2.45, 2.75) is 58.7 Å². The lowest BCUT2D eigenvalue weighted by atomic mass is 10.2. The van der Waals surface area contributed by atoms with Crippen LogP contribution in [0.5, 0.6) is 0 Å². The first kappa shape index (κ1) is 11.5. The molecule has 1 aliphatic heterocycles. The Hall–Kier alpha value is -0.570. The molecule has 1 fully saturated rings. The van der Waals surface area contributed by atoms with Gasteiger partial charge in [-0.15, -0.1) is 0 Å². The molecule has 2 unspecified atom stereocenters. The molecular formula is C11H22N2O. The zero-order valence-corrected chi connectivity index (χ0v) is 9.55. The summed E-state index contributed by atoms with van der Waals surface area (Å²) in [5.41, 5.74) is 0. The SMILES string of the molecule is CCCC1NC(CC)C(=O)N1CCC. The Bertz CT molecular complexity index is 194. The third-order valence-electron chi connectivity index (χ3n) is 2.79. The lowest BCUT2D eigenvalue weighted by molar-refractivity contribution is -0.130. The van der Waals surface area contributed by atoms with Crippen LogP contribution in [0.15, 0.2) is 0 Å². The van der Waals surface area contributed by atoms with Crippen LogP contribution in [0, 0.1) is 0 Å². The molecule has 1 heterocycles. The highest BCUT2D eigenvalue weighted by atomic mass is 16.2. The third-order valence-corrected chi connectivity index (χ3v) is 2.79. The van der Waals surface area contributed by atoms with Crippen LogP contribution in [-0.4, -0.2) is 29.6 Å². The highest BCUT2D eigenvalue weighted by Crippen LogP contribution is 2.16. The van der Waals surface area contributed by atoms with E-state index in [1.165, 1.54) is 0 Å². The summed E-state index contributed by atoms with van der Waals surface area (Å²) in [7, 11) is 0. The molecule has 3 nitrogen and oxygen atoms in total. The summed E-state index contributed by atoms with van der Waals surface area (Å²) in [6, 6.07) is 0.0677. The molecule has 0 aromatic rings. The van der Waals surface area contributed by atoms with E-state index in [0.717, 1.165) is 32.2 Å². The molecule has 1 saturated heterocycles. The minimum absolute atomic E-state index is 0.0677. The van der Waals surface area contributed by atoms with Gasteiger partial charge in [-0.05, 0) is 19.3 Å². The van der Waals surface area contributed by atoms with Gasteiger partial charge >= 0.3 is 0 Å². The maximum Gasteiger partial charge on any atom is 0.241 e. The Labute approximate surface area is 86.9 Å². The average Bonchev–Trinajstić information content (AvgIpc) is 2.47. The number of hydrogen-bond acceptors (Lipinski definition) is 2. The molecule has 1 N–H and O–H groups in total. The van der Waals surface area contributed by atoms with Gasteiger partial charge < -0.3 is 4.90 Å². The zero-order valence-electron chi connectivity index (χ0n) is 9.55. The molecule has 0 aromatic heterocycles. The lowest BCUT2D eigenvalue weighted by Gasteiger charge is -2.23. The Balaban J connectivity index is 2.61. The molecule has 0 radical (unpaired) electrons. The van der Waals surface area contributed by atoms with E-state index in [1.807, 2.05) is 4.90 Å². The first-order valence-corrected chi connectivity index (χ1v) is 5.81. The van der Waals surface area contributed by atoms with Crippen molar-refractivity contribution in [3.63, 3.8) is 0 Å². The molecule has 0 saturated carbocycles. The predicted octanol–water partition coefficient (Wildman–Crippen LogP) is 1.73. The van der Waals surface area contributed by atoms with Crippen LogP contribution in [0.1, 0.15) is 46.5 Å². The Morgan fingerprint density at radius 1 is 1.29 bits per heavy atom. The van der Waals surface area contributed by atoms with E-state index in [2.05, 4.69) is 26.1 Å². The molecule has 14 heavy (non-hydrogen) atoms. The third kappa shape index (κ3) is 2.27. The fourth-order valence-electron chi connectivity index (χ4n) is 2.06. The molecular weight excluding hydrogens is 176 g/mol. The summed E-state index contributed by atoms with van der Waals surface area (Å²) < 4.78 is 0. The Morgan fingerprint density at radius 3 is 2.50 bits per heavy atom. The van der Waals surface area contributed by atoms with Crippen molar-refractivity contribution in [2.24, 2.45) is 0 Å². The van der Waals surface area contributed by atoms with Crippen molar-refractivity contribution in [3.05, 3.63) is 0 Å². The number of hydrogen-bond donors (Lipinski definition) is 1. The standard InChI is InChI=1S/C11H22N2O/c1-4-7-10-12-9(6-3)11(14)13(10)8-5-2/h9-10,12H,4-8H2,1-3H3. The lowest BCUT2D eigenvalue weighted by Crippen LogP contribution is -2.37. The molecule has 0 spiro atoms. The van der Waals surface area contributed by atoms with Gasteiger partial charge in [-0.3, -0.25) is 10.1 Å². The molecule has 2 atom stereocenters. The molecule has 0 aliphatic carbocycles. The maximum absolute atomic E-state index is 11.9. The van der Waals surface area contributed by atoms with E-state index in [9.17, 15) is 4.79 Å². The van der Waals surface area contributed by atoms with E-state index in [1.54, 1.807) is 0 Å². The second-order valence-electron chi connectivity index (χ2n) is 3.96. The van der Waals surface area contributed by atoms with Gasteiger partial charge in [0, 0.05) is 6.54 Å². The first-order chi connectivity index (χ1) is 6.74. The predicted molar refractivity (Wildman–Crippen MR) is 57.9 cm³/mol. The highest BCUT2D eigenvalue weighted by Gasteiger charge is 2.36. The molecule has 1 aliphatic rings. The second-order valence-corrected chi connectivity index (χ2v) is 3.96. The van der Waals surface area contributed by atoms with Gasteiger partial charge in [0.2, 0.25) is 5.91 Å². The van der Waals surface area contributed by atoms with Gasteiger partial charge in [0.25, 0.3) is 0 Å². The largest absolute Gasteiger partial charge is 0.326 e. The highest BCUT2D eigenvalue weighted by molar-refractivity contribution is 5.84. The smallest absolute Gasteiger partial charge is 0.241 e. The minimum Gasteiger partial charge on any atom is -0.326 e. The number of nitrogens with one attached hydrogen (secondary N) is 1. The van der Waals surface area contributed by atoms with E-state index in [-0.39, 0.29) is 12.2 Å². The van der Waals surface area contributed by atoms with Crippen molar-refractivity contribution >= 4 is 5.91 Å². The van der Waals surface area contributed by atoms with Crippen molar-refractivity contribution in [2.75, 3.05) is 6.54 Å². The summed E-state index contributed by atoms with van der Waals surface area (Å²) in [4.78, 5) is 13.9. The molecule has 0 bridgehead atoms. The van der Waals surface area contributed by atoms with Crippen LogP contribution in [0.2, 0.25) is 0 Å². The summed E-state index contributed by atoms with van der Waals surface area (Å²) in [5, 5.41) is 3.40. The Morgan fingerprint density at radius 2 is 2.00 bits per heavy atom. The number of nitrogens with zero attached hydrogens (tertiary/aromatic N) is 1. The first-order valence-electron chi connectivity index (χ1n) is 5.81. The van der Waals surface area contributed by atoms with E-state index >= 15 is 0 Å². The van der Waals surface area contributed by atoms with Crippen LogP contribution >= 0.6 is 0 Å². The minimum atomic E-state index is 0.0677. The van der Waals surface area contributed by atoms with Gasteiger partial charge in [-0.1, -0.05) is 27.2 Å². The van der Waals surface area contributed by atoms with Gasteiger partial charge in [0.05, 0.1) is 12.2 Å². The van der Waals surface area contributed by atoms with E-state index < -0.39 is 0 Å². The van der Waals surface area contributed by atoms with Crippen molar-refractivity contribution in [1.29, 1.82) is 0 Å². The van der Waals surface area contributed by atoms with Crippen LogP contribution in [0.4, 0.5) is 0 Å². The number of amides is 1. The average molecular weight is 198 g/mol. The monoisotopic (exact) mass is 198 g/mol. The molecule has 82 valence electrons. The zero-order chi connectivity index (χ0) is 10.6. The van der Waals surface area contributed by atoms with Gasteiger partial charge in [0.1, 0.15) is 0 Å². The van der Waals surface area contributed by atoms with Crippen molar-refractivity contribution < 1.29 is 4.79 Å². The quantitative estimate of drug-likeness (QED) is 0.729. The van der Waals surface area contributed by atoms with Crippen LogP contribution in [0.25, 0.3) is 0 Å². The van der Waals surface area contributed by atoms with Crippen LogP contribution < -0.4 is 5.32 Å². The summed E-state index contributed by atoms with van der Waals surface area (Å²) in [6.07, 6.45) is 4.44. The van der Waals surface area contributed by atoms with Gasteiger partial charge in [-0.2, -0.15) is 0 Å². The topological polar surface area (TPSA) is 32.3 Å².